The predicted octanol–water partition coefficient (Wildman–Crippen LogP) is 4.85. The Balaban J connectivity index is 1.81. The highest BCUT2D eigenvalue weighted by Gasteiger charge is 2.27. The molecule has 0 aromatic rings. The van der Waals surface area contributed by atoms with Crippen LogP contribution in [0.1, 0.15) is 0 Å². The van der Waals surface area contributed by atoms with E-state index in [1.807, 2.05) is 12.2 Å². The summed E-state index contributed by atoms with van der Waals surface area (Å²) in [6.07, 6.45) is 8.95. The molecule has 140 valence electrons. The Morgan fingerprint density at radius 1 is 1.15 bits per heavy atom. The third-order valence-corrected chi connectivity index (χ3v) is 6.15. The summed E-state index contributed by atoms with van der Waals surface area (Å²) >= 11 is 16.4. The van der Waals surface area contributed by atoms with Crippen molar-refractivity contribution in [1.29, 1.82) is 0 Å². The van der Waals surface area contributed by atoms with Crippen LogP contribution in [0.15, 0.2) is 58.9 Å². The van der Waals surface area contributed by atoms with Gasteiger partial charge >= 0.3 is 0 Å². The van der Waals surface area contributed by atoms with Gasteiger partial charge in [0.15, 0.2) is 0 Å². The fraction of sp³-hybridized carbons (Fsp3) is 0.438. The normalized spacial score (nSPS) is 28.9. The van der Waals surface area contributed by atoms with Gasteiger partial charge in [-0.2, -0.15) is 9.81 Å². The molecule has 26 heavy (non-hydrogen) atoms. The topological polar surface area (TPSA) is 83.2 Å². The lowest BCUT2D eigenvalue weighted by Gasteiger charge is -2.22. The van der Waals surface area contributed by atoms with E-state index in [0.717, 1.165) is 9.15 Å². The second-order valence-corrected chi connectivity index (χ2v) is 9.28. The van der Waals surface area contributed by atoms with Gasteiger partial charge < -0.3 is 5.32 Å². The Labute approximate surface area is 188 Å². The first-order chi connectivity index (χ1) is 12.5. The lowest BCUT2D eigenvalue weighted by atomic mass is 9.95. The fourth-order valence-electron chi connectivity index (χ4n) is 2.60. The summed E-state index contributed by atoms with van der Waals surface area (Å²) in [4.78, 5) is 26.4. The van der Waals surface area contributed by atoms with Crippen molar-refractivity contribution in [3.63, 3.8) is 0 Å². The molecular formula is C16H16Cl2I2N4O2. The third kappa shape index (κ3) is 6.18. The third-order valence-electron chi connectivity index (χ3n) is 3.87. The molecule has 0 heterocycles. The Kier molecular flexibility index (Phi) is 9.35. The second kappa shape index (κ2) is 11.0. The van der Waals surface area contributed by atoms with Crippen LogP contribution in [0.5, 0.6) is 0 Å². The van der Waals surface area contributed by atoms with E-state index in [9.17, 15) is 9.81 Å². The molecule has 4 atom stereocenters. The fourth-order valence-corrected chi connectivity index (χ4v) is 5.62. The van der Waals surface area contributed by atoms with Crippen LogP contribution >= 0.6 is 68.4 Å². The van der Waals surface area contributed by atoms with Gasteiger partial charge in [-0.1, -0.05) is 68.3 Å². The molecule has 0 saturated carbocycles. The quantitative estimate of drug-likeness (QED) is 0.138. The van der Waals surface area contributed by atoms with Gasteiger partial charge in [0.25, 0.3) is 0 Å². The standard InChI is InChI=1S/C16H16Cl2I2N4O2/c17-11-3-9(15(23-25)13(18)5-11)7-21-1-2-22-8-10-4-12(19)6-14(20)16(10)24-26/h3-6,8-9,14-16,21H,1-2,7H2/b22-8+. The van der Waals surface area contributed by atoms with Gasteiger partial charge in [-0.3, -0.25) is 4.99 Å². The molecule has 0 amide bonds. The average molecular weight is 621 g/mol. The van der Waals surface area contributed by atoms with E-state index in [-0.39, 0.29) is 9.84 Å². The molecule has 2 aliphatic carbocycles. The number of hydrogen-bond acceptors (Lipinski definition) is 6. The Morgan fingerprint density at radius 3 is 2.58 bits per heavy atom. The molecule has 1 N–H and O–H groups in total. The van der Waals surface area contributed by atoms with E-state index in [0.29, 0.717) is 29.7 Å². The molecule has 0 aromatic carbocycles. The molecule has 0 fully saturated rings. The van der Waals surface area contributed by atoms with Crippen LogP contribution in [0.3, 0.4) is 0 Å². The van der Waals surface area contributed by atoms with Gasteiger partial charge in [-0.15, -0.1) is 0 Å². The zero-order chi connectivity index (χ0) is 19.1. The summed E-state index contributed by atoms with van der Waals surface area (Å²) in [6, 6.07) is -1.02. The van der Waals surface area contributed by atoms with Crippen molar-refractivity contribution in [2.24, 2.45) is 21.3 Å². The maximum Gasteiger partial charge on any atom is 0.135 e. The molecule has 0 saturated heterocycles. The predicted molar refractivity (Wildman–Crippen MR) is 125 cm³/mol. The van der Waals surface area contributed by atoms with Crippen molar-refractivity contribution >= 4 is 74.6 Å². The van der Waals surface area contributed by atoms with Gasteiger partial charge in [0.2, 0.25) is 0 Å². The molecule has 4 unspecified atom stereocenters. The van der Waals surface area contributed by atoms with Crippen molar-refractivity contribution in [2.45, 2.75) is 16.0 Å². The molecular weight excluding hydrogens is 605 g/mol. The maximum absolute atomic E-state index is 11.0. The number of nitrogens with zero attached hydrogens (tertiary/aromatic N) is 3. The van der Waals surface area contributed by atoms with Crippen molar-refractivity contribution in [3.8, 4) is 0 Å². The number of allylic oxidation sites excluding steroid dienone is 4. The van der Waals surface area contributed by atoms with E-state index in [1.54, 1.807) is 18.4 Å². The number of aliphatic imine (C=N–C) groups is 1. The van der Waals surface area contributed by atoms with Crippen LogP contribution in [-0.2, 0) is 0 Å². The van der Waals surface area contributed by atoms with Gasteiger partial charge in [-0.05, 0) is 34.7 Å². The largest absolute Gasteiger partial charge is 0.314 e. The summed E-state index contributed by atoms with van der Waals surface area (Å²) in [5.41, 5.74) is 0.815. The smallest absolute Gasteiger partial charge is 0.135 e. The highest BCUT2D eigenvalue weighted by molar-refractivity contribution is 14.1. The van der Waals surface area contributed by atoms with Crippen molar-refractivity contribution in [3.05, 3.63) is 53.3 Å². The van der Waals surface area contributed by atoms with Crippen LogP contribution < -0.4 is 5.32 Å². The lowest BCUT2D eigenvalue weighted by Crippen LogP contribution is -2.32. The summed E-state index contributed by atoms with van der Waals surface area (Å²) in [5, 5.41) is 10.3. The molecule has 0 radical (unpaired) electrons. The number of hydrogen-bond donors (Lipinski definition) is 1. The highest BCUT2D eigenvalue weighted by atomic mass is 127. The molecule has 0 aromatic heterocycles. The van der Waals surface area contributed by atoms with Crippen LogP contribution in [-0.4, -0.2) is 41.9 Å². The van der Waals surface area contributed by atoms with Crippen LogP contribution in [0, 0.1) is 15.7 Å². The Bertz CT molecular complexity index is 706. The van der Waals surface area contributed by atoms with Gasteiger partial charge in [0.1, 0.15) is 12.1 Å². The maximum atomic E-state index is 11.0. The zero-order valence-corrected chi connectivity index (χ0v) is 19.3. The van der Waals surface area contributed by atoms with E-state index < -0.39 is 12.1 Å². The first-order valence-electron chi connectivity index (χ1n) is 7.79. The first kappa shape index (κ1) is 22.1. The van der Waals surface area contributed by atoms with E-state index in [2.05, 4.69) is 65.8 Å². The molecule has 0 aliphatic heterocycles. The summed E-state index contributed by atoms with van der Waals surface area (Å²) in [5.74, 6) is -0.183. The van der Waals surface area contributed by atoms with E-state index in [4.69, 9.17) is 23.2 Å². The van der Waals surface area contributed by atoms with E-state index in [1.165, 1.54) is 0 Å². The monoisotopic (exact) mass is 620 g/mol. The molecule has 2 rings (SSSR count). The highest BCUT2D eigenvalue weighted by Crippen LogP contribution is 2.30. The minimum Gasteiger partial charge on any atom is -0.314 e. The van der Waals surface area contributed by atoms with Gasteiger partial charge in [0.05, 0.1) is 10.5 Å². The number of nitrogens with one attached hydrogen (secondary N) is 1. The van der Waals surface area contributed by atoms with Gasteiger partial charge in [-0.25, -0.2) is 0 Å². The molecule has 2 aliphatic rings. The number of nitroso groups, excluding NO2 is 2. The lowest BCUT2D eigenvalue weighted by molar-refractivity contribution is 0.508. The molecule has 0 bridgehead atoms. The minimum absolute atomic E-state index is 0.0370. The number of halogens is 4. The minimum atomic E-state index is -0.614. The van der Waals surface area contributed by atoms with Crippen molar-refractivity contribution in [2.75, 3.05) is 19.6 Å². The summed E-state index contributed by atoms with van der Waals surface area (Å²) < 4.78 is 1.11. The van der Waals surface area contributed by atoms with Crippen LogP contribution in [0.25, 0.3) is 0 Å². The Hall–Kier alpha value is -0.170. The first-order valence-corrected chi connectivity index (χ1v) is 10.9. The Morgan fingerprint density at radius 2 is 1.88 bits per heavy atom. The summed E-state index contributed by atoms with van der Waals surface area (Å²) in [6.45, 7) is 1.66. The zero-order valence-electron chi connectivity index (χ0n) is 13.5. The number of rotatable bonds is 8. The molecule has 10 heteroatoms. The second-order valence-electron chi connectivity index (χ2n) is 5.72. The SMILES string of the molecule is O=NC1C(/C=N/CCNCC2C=C(Cl)C=C(Cl)C2N=O)=CC(I)=CC1I. The van der Waals surface area contributed by atoms with Crippen LogP contribution in [0.2, 0.25) is 0 Å². The van der Waals surface area contributed by atoms with Crippen molar-refractivity contribution < 1.29 is 0 Å². The average Bonchev–Trinajstić information content (AvgIpc) is 2.57. The molecule has 6 nitrogen and oxygen atoms in total. The van der Waals surface area contributed by atoms with E-state index >= 15 is 0 Å². The van der Waals surface area contributed by atoms with Gasteiger partial charge in [0, 0.05) is 44.4 Å². The number of alkyl halides is 1. The van der Waals surface area contributed by atoms with Crippen molar-refractivity contribution in [1.82, 2.24) is 5.32 Å². The molecule has 0 spiro atoms. The van der Waals surface area contributed by atoms with Crippen LogP contribution in [0.4, 0.5) is 0 Å². The summed E-state index contributed by atoms with van der Waals surface area (Å²) in [7, 11) is 0.